The molecule has 0 bridgehead atoms. The summed E-state index contributed by atoms with van der Waals surface area (Å²) in [6.45, 7) is 9.78. The summed E-state index contributed by atoms with van der Waals surface area (Å²) in [4.78, 5) is 14.0. The molecule has 0 atom stereocenters. The van der Waals surface area contributed by atoms with Crippen molar-refractivity contribution in [1.82, 2.24) is 10.2 Å². The minimum atomic E-state index is 0. The lowest BCUT2D eigenvalue weighted by Gasteiger charge is -2.25. The molecular formula is C14H29ClN2O. The van der Waals surface area contributed by atoms with Gasteiger partial charge in [-0.1, -0.05) is 26.7 Å². The Morgan fingerprint density at radius 2 is 1.89 bits per heavy atom. The summed E-state index contributed by atoms with van der Waals surface area (Å²) in [7, 11) is 0. The number of hydrogen-bond acceptors (Lipinski definition) is 2. The molecule has 3 nitrogen and oxygen atoms in total. The molecule has 1 saturated carbocycles. The van der Waals surface area contributed by atoms with E-state index in [9.17, 15) is 4.79 Å². The summed E-state index contributed by atoms with van der Waals surface area (Å²) in [5.74, 6) is 1.76. The summed E-state index contributed by atoms with van der Waals surface area (Å²) in [5.41, 5.74) is 0. The molecule has 0 aromatic rings. The van der Waals surface area contributed by atoms with Gasteiger partial charge in [0, 0.05) is 13.1 Å². The molecule has 1 N–H and O–H groups in total. The Kier molecular flexibility index (Phi) is 9.47. The van der Waals surface area contributed by atoms with Crippen LogP contribution in [0.1, 0.15) is 46.5 Å². The maximum atomic E-state index is 12.0. The molecular weight excluding hydrogens is 248 g/mol. The zero-order valence-electron chi connectivity index (χ0n) is 12.1. The average Bonchev–Trinajstić information content (AvgIpc) is 3.14. The van der Waals surface area contributed by atoms with E-state index in [1.165, 1.54) is 12.8 Å². The standard InChI is InChI=1S/C14H28N2O.ClH/c1-4-12(5-2)11-16(6-3)14(17)10-15-9-13-7-8-13;/h12-13,15H,4-11H2,1-3H3;1H. The zero-order valence-corrected chi connectivity index (χ0v) is 12.9. The molecule has 1 aliphatic carbocycles. The molecule has 1 amide bonds. The van der Waals surface area contributed by atoms with Crippen molar-refractivity contribution in [3.63, 3.8) is 0 Å². The first-order chi connectivity index (χ1) is 8.21. The van der Waals surface area contributed by atoms with E-state index in [4.69, 9.17) is 0 Å². The largest absolute Gasteiger partial charge is 0.342 e. The van der Waals surface area contributed by atoms with E-state index in [-0.39, 0.29) is 18.3 Å². The summed E-state index contributed by atoms with van der Waals surface area (Å²) < 4.78 is 0. The molecule has 0 unspecified atom stereocenters. The fraction of sp³-hybridized carbons (Fsp3) is 0.929. The quantitative estimate of drug-likeness (QED) is 0.702. The van der Waals surface area contributed by atoms with Gasteiger partial charge in [-0.05, 0) is 38.1 Å². The van der Waals surface area contributed by atoms with Gasteiger partial charge in [0.1, 0.15) is 0 Å². The zero-order chi connectivity index (χ0) is 12.7. The maximum Gasteiger partial charge on any atom is 0.236 e. The van der Waals surface area contributed by atoms with Crippen LogP contribution in [0.25, 0.3) is 0 Å². The Bertz CT molecular complexity index is 228. The molecule has 0 spiro atoms. The number of carbonyl (C=O) groups is 1. The molecule has 0 aromatic carbocycles. The summed E-state index contributed by atoms with van der Waals surface area (Å²) >= 11 is 0. The third kappa shape index (κ3) is 6.60. The predicted molar refractivity (Wildman–Crippen MR) is 79.2 cm³/mol. The predicted octanol–water partition coefficient (Wildman–Crippen LogP) is 2.69. The average molecular weight is 277 g/mol. The first-order valence-corrected chi connectivity index (χ1v) is 7.19. The number of amides is 1. The highest BCUT2D eigenvalue weighted by Crippen LogP contribution is 2.27. The second-order valence-corrected chi connectivity index (χ2v) is 5.19. The minimum absolute atomic E-state index is 0. The van der Waals surface area contributed by atoms with Crippen LogP contribution in [0.5, 0.6) is 0 Å². The van der Waals surface area contributed by atoms with Crippen molar-refractivity contribution in [2.24, 2.45) is 11.8 Å². The van der Waals surface area contributed by atoms with Crippen LogP contribution in [0, 0.1) is 11.8 Å². The van der Waals surface area contributed by atoms with E-state index in [1.807, 2.05) is 4.90 Å². The molecule has 0 aliphatic heterocycles. The molecule has 1 aliphatic rings. The Morgan fingerprint density at radius 3 is 2.33 bits per heavy atom. The van der Waals surface area contributed by atoms with Gasteiger partial charge in [0.05, 0.1) is 6.54 Å². The van der Waals surface area contributed by atoms with Gasteiger partial charge >= 0.3 is 0 Å². The van der Waals surface area contributed by atoms with Crippen LogP contribution < -0.4 is 5.32 Å². The van der Waals surface area contributed by atoms with Gasteiger partial charge in [-0.15, -0.1) is 12.4 Å². The molecule has 0 aromatic heterocycles. The fourth-order valence-corrected chi connectivity index (χ4v) is 2.08. The highest BCUT2D eigenvalue weighted by atomic mass is 35.5. The molecule has 1 fully saturated rings. The topological polar surface area (TPSA) is 32.3 Å². The van der Waals surface area contributed by atoms with E-state index in [1.54, 1.807) is 0 Å². The smallest absolute Gasteiger partial charge is 0.236 e. The van der Waals surface area contributed by atoms with Crippen LogP contribution >= 0.6 is 12.4 Å². The van der Waals surface area contributed by atoms with Crippen LogP contribution in [0.3, 0.4) is 0 Å². The fourth-order valence-electron chi connectivity index (χ4n) is 2.08. The van der Waals surface area contributed by atoms with Crippen LogP contribution in [0.15, 0.2) is 0 Å². The van der Waals surface area contributed by atoms with Crippen molar-refractivity contribution in [1.29, 1.82) is 0 Å². The third-order valence-corrected chi connectivity index (χ3v) is 3.77. The van der Waals surface area contributed by atoms with E-state index < -0.39 is 0 Å². The highest BCUT2D eigenvalue weighted by molar-refractivity contribution is 5.85. The molecule has 4 heteroatoms. The number of nitrogens with one attached hydrogen (secondary N) is 1. The van der Waals surface area contributed by atoms with E-state index in [0.29, 0.717) is 12.5 Å². The number of hydrogen-bond donors (Lipinski definition) is 1. The van der Waals surface area contributed by atoms with Crippen LogP contribution in [-0.2, 0) is 4.79 Å². The van der Waals surface area contributed by atoms with Gasteiger partial charge in [0.25, 0.3) is 0 Å². The summed E-state index contributed by atoms with van der Waals surface area (Å²) in [5, 5.41) is 3.28. The van der Waals surface area contributed by atoms with Gasteiger partial charge in [-0.3, -0.25) is 4.79 Å². The van der Waals surface area contributed by atoms with E-state index >= 15 is 0 Å². The van der Waals surface area contributed by atoms with Crippen molar-refractivity contribution in [3.05, 3.63) is 0 Å². The van der Waals surface area contributed by atoms with E-state index in [0.717, 1.165) is 38.4 Å². The summed E-state index contributed by atoms with van der Waals surface area (Å²) in [6, 6.07) is 0. The second-order valence-electron chi connectivity index (χ2n) is 5.19. The first-order valence-electron chi connectivity index (χ1n) is 7.19. The molecule has 1 rings (SSSR count). The van der Waals surface area contributed by atoms with E-state index in [2.05, 4.69) is 26.1 Å². The number of halogens is 1. The molecule has 108 valence electrons. The minimum Gasteiger partial charge on any atom is -0.342 e. The maximum absolute atomic E-state index is 12.0. The normalized spacial score (nSPS) is 14.4. The van der Waals surface area contributed by atoms with Crippen molar-refractivity contribution >= 4 is 18.3 Å². The van der Waals surface area contributed by atoms with Crippen molar-refractivity contribution in [3.8, 4) is 0 Å². The number of carbonyl (C=O) groups excluding carboxylic acids is 1. The van der Waals surface area contributed by atoms with Gasteiger partial charge in [-0.25, -0.2) is 0 Å². The Morgan fingerprint density at radius 1 is 1.28 bits per heavy atom. The van der Waals surface area contributed by atoms with Crippen LogP contribution in [0.4, 0.5) is 0 Å². The van der Waals surface area contributed by atoms with Crippen molar-refractivity contribution < 1.29 is 4.79 Å². The Hall–Kier alpha value is -0.280. The lowest BCUT2D eigenvalue weighted by atomic mass is 10.0. The van der Waals surface area contributed by atoms with Gasteiger partial charge in [0.2, 0.25) is 5.91 Å². The SMILES string of the molecule is CCC(CC)CN(CC)C(=O)CNCC1CC1.Cl. The van der Waals surface area contributed by atoms with Crippen molar-refractivity contribution in [2.45, 2.75) is 46.5 Å². The van der Waals surface area contributed by atoms with Gasteiger partial charge in [-0.2, -0.15) is 0 Å². The summed E-state index contributed by atoms with van der Waals surface area (Å²) in [6.07, 6.45) is 5.00. The number of rotatable bonds is 9. The van der Waals surface area contributed by atoms with Gasteiger partial charge < -0.3 is 10.2 Å². The van der Waals surface area contributed by atoms with Crippen molar-refractivity contribution in [2.75, 3.05) is 26.2 Å². The monoisotopic (exact) mass is 276 g/mol. The first kappa shape index (κ1) is 17.7. The van der Waals surface area contributed by atoms with Crippen LogP contribution in [-0.4, -0.2) is 37.0 Å². The highest BCUT2D eigenvalue weighted by Gasteiger charge is 2.21. The molecule has 0 heterocycles. The molecule has 0 saturated heterocycles. The van der Waals surface area contributed by atoms with Gasteiger partial charge in [0.15, 0.2) is 0 Å². The Balaban J connectivity index is 0.00000289. The van der Waals surface area contributed by atoms with Crippen LogP contribution in [0.2, 0.25) is 0 Å². The number of likely N-dealkylation sites (N-methyl/N-ethyl adjacent to an activating group) is 1. The Labute approximate surface area is 118 Å². The second kappa shape index (κ2) is 9.62. The lowest BCUT2D eigenvalue weighted by Crippen LogP contribution is -2.41. The molecule has 0 radical (unpaired) electrons. The molecule has 18 heavy (non-hydrogen) atoms. The lowest BCUT2D eigenvalue weighted by molar-refractivity contribution is -0.130. The third-order valence-electron chi connectivity index (χ3n) is 3.77. The number of nitrogens with zero attached hydrogens (tertiary/aromatic N) is 1.